The summed E-state index contributed by atoms with van der Waals surface area (Å²) in [4.78, 5) is 20.5. The minimum Gasteiger partial charge on any atom is -0.480 e. The van der Waals surface area contributed by atoms with E-state index < -0.39 is 16.9 Å². The van der Waals surface area contributed by atoms with Crippen LogP contribution in [0.15, 0.2) is 24.3 Å². The van der Waals surface area contributed by atoms with Crippen molar-refractivity contribution in [3.8, 4) is 0 Å². The minimum atomic E-state index is -1.07. The molecule has 7 heteroatoms. The van der Waals surface area contributed by atoms with Gasteiger partial charge in [-0.3, -0.25) is 20.8 Å². The quantitative estimate of drug-likeness (QED) is 0.370. The molecule has 0 heterocycles. The Kier molecular flexibility index (Phi) is 3.92. The van der Waals surface area contributed by atoms with Gasteiger partial charge < -0.3 is 5.11 Å². The van der Waals surface area contributed by atoms with Gasteiger partial charge in [-0.2, -0.15) is 0 Å². The number of nitrogens with zero attached hydrogens (tertiary/aromatic N) is 1. The summed E-state index contributed by atoms with van der Waals surface area (Å²) in [6, 6.07) is 4.76. The number of aliphatic carboxylic acids is 1. The van der Waals surface area contributed by atoms with E-state index in [1.807, 2.05) is 0 Å². The van der Waals surface area contributed by atoms with Crippen molar-refractivity contribution in [1.82, 2.24) is 5.43 Å². The highest BCUT2D eigenvalue weighted by Crippen LogP contribution is 2.13. The molecule has 0 aliphatic rings. The highest BCUT2D eigenvalue weighted by atomic mass is 16.6. The monoisotopic (exact) mass is 225 g/mol. The maximum atomic E-state index is 10.7. The van der Waals surface area contributed by atoms with Crippen molar-refractivity contribution in [3.05, 3.63) is 39.9 Å². The number of hydrogen-bond donors (Lipinski definition) is 3. The van der Waals surface area contributed by atoms with Gasteiger partial charge in [0.15, 0.2) is 0 Å². The molecule has 1 atom stereocenters. The van der Waals surface area contributed by atoms with Crippen LogP contribution in [0, 0.1) is 10.1 Å². The molecule has 0 saturated carbocycles. The summed E-state index contributed by atoms with van der Waals surface area (Å²) in [7, 11) is 0. The van der Waals surface area contributed by atoms with Gasteiger partial charge in [0.25, 0.3) is 5.69 Å². The Bertz CT molecular complexity index is 390. The van der Waals surface area contributed by atoms with Crippen LogP contribution in [-0.4, -0.2) is 22.0 Å². The first-order valence-corrected chi connectivity index (χ1v) is 4.47. The van der Waals surface area contributed by atoms with Crippen molar-refractivity contribution in [2.45, 2.75) is 12.5 Å². The normalized spacial score (nSPS) is 12.1. The van der Waals surface area contributed by atoms with E-state index in [2.05, 4.69) is 5.43 Å². The third kappa shape index (κ3) is 3.01. The van der Waals surface area contributed by atoms with Crippen LogP contribution in [0.5, 0.6) is 0 Å². The fourth-order valence-corrected chi connectivity index (χ4v) is 1.21. The molecule has 4 N–H and O–H groups in total. The van der Waals surface area contributed by atoms with Crippen LogP contribution in [0.1, 0.15) is 5.56 Å². The number of hydrogen-bond acceptors (Lipinski definition) is 5. The number of carbonyl (C=O) groups is 1. The van der Waals surface area contributed by atoms with Gasteiger partial charge in [0.05, 0.1) is 4.92 Å². The first kappa shape index (κ1) is 12.1. The number of non-ortho nitro benzene ring substituents is 1. The predicted octanol–water partition coefficient (Wildman–Crippen LogP) is 0.0538. The zero-order chi connectivity index (χ0) is 12.1. The molecule has 0 aromatic heterocycles. The van der Waals surface area contributed by atoms with Crippen molar-refractivity contribution in [2.75, 3.05) is 0 Å². The largest absolute Gasteiger partial charge is 0.480 e. The van der Waals surface area contributed by atoms with E-state index in [9.17, 15) is 14.9 Å². The Hall–Kier alpha value is -1.99. The standard InChI is InChI=1S/C9H11N3O4/c10-11-8(9(13)14)5-6-1-3-7(4-2-6)12(15)16/h1-4,8,11H,5,10H2,(H,13,14)/t8-/m0/s1. The molecule has 0 spiro atoms. The highest BCUT2D eigenvalue weighted by molar-refractivity contribution is 5.73. The number of rotatable bonds is 5. The summed E-state index contributed by atoms with van der Waals surface area (Å²) in [5.74, 6) is 3.99. The summed E-state index contributed by atoms with van der Waals surface area (Å²) < 4.78 is 0. The lowest BCUT2D eigenvalue weighted by Crippen LogP contribution is -2.42. The fraction of sp³-hybridized carbons (Fsp3) is 0.222. The second kappa shape index (κ2) is 5.19. The molecule has 0 bridgehead atoms. The number of hydrazine groups is 1. The van der Waals surface area contributed by atoms with E-state index in [1.165, 1.54) is 24.3 Å². The average Bonchev–Trinajstić information content (AvgIpc) is 2.26. The molecule has 86 valence electrons. The molecular weight excluding hydrogens is 214 g/mol. The molecule has 1 rings (SSSR count). The molecule has 0 aliphatic carbocycles. The highest BCUT2D eigenvalue weighted by Gasteiger charge is 2.16. The molecular formula is C9H11N3O4. The van der Waals surface area contributed by atoms with Crippen molar-refractivity contribution in [1.29, 1.82) is 0 Å². The number of carboxylic acid groups (broad SMARTS) is 1. The zero-order valence-electron chi connectivity index (χ0n) is 8.29. The maximum absolute atomic E-state index is 10.7. The Morgan fingerprint density at radius 1 is 1.50 bits per heavy atom. The molecule has 1 aromatic rings. The van der Waals surface area contributed by atoms with Crippen molar-refractivity contribution < 1.29 is 14.8 Å². The summed E-state index contributed by atoms with van der Waals surface area (Å²) in [6.45, 7) is 0. The Labute approximate surface area is 91.0 Å². The summed E-state index contributed by atoms with van der Waals surface area (Å²) in [5, 5.41) is 19.1. The smallest absolute Gasteiger partial charge is 0.322 e. The SMILES string of the molecule is NN[C@@H](Cc1ccc([N+](=O)[O-])cc1)C(=O)O. The number of carboxylic acids is 1. The molecule has 0 amide bonds. The number of nitro benzene ring substituents is 1. The van der Waals surface area contributed by atoms with E-state index >= 15 is 0 Å². The second-order valence-electron chi connectivity index (χ2n) is 3.19. The van der Waals surface area contributed by atoms with Gasteiger partial charge >= 0.3 is 5.97 Å². The molecule has 0 saturated heterocycles. The number of nitrogens with two attached hydrogens (primary N) is 1. The van der Waals surface area contributed by atoms with Gasteiger partial charge in [-0.05, 0) is 12.0 Å². The van der Waals surface area contributed by atoms with E-state index in [0.717, 1.165) is 0 Å². The van der Waals surface area contributed by atoms with Gasteiger partial charge in [0.2, 0.25) is 0 Å². The number of benzene rings is 1. The molecule has 0 aliphatic heterocycles. The van der Waals surface area contributed by atoms with Crippen LogP contribution in [0.3, 0.4) is 0 Å². The van der Waals surface area contributed by atoms with E-state index in [-0.39, 0.29) is 12.1 Å². The van der Waals surface area contributed by atoms with E-state index in [1.54, 1.807) is 0 Å². The lowest BCUT2D eigenvalue weighted by molar-refractivity contribution is -0.384. The van der Waals surface area contributed by atoms with Crippen molar-refractivity contribution in [2.24, 2.45) is 5.84 Å². The molecule has 0 fully saturated rings. The lowest BCUT2D eigenvalue weighted by atomic mass is 10.1. The third-order valence-corrected chi connectivity index (χ3v) is 2.09. The van der Waals surface area contributed by atoms with Crippen LogP contribution >= 0.6 is 0 Å². The zero-order valence-corrected chi connectivity index (χ0v) is 8.29. The van der Waals surface area contributed by atoms with Crippen molar-refractivity contribution >= 4 is 11.7 Å². The molecule has 16 heavy (non-hydrogen) atoms. The summed E-state index contributed by atoms with van der Waals surface area (Å²) in [5.41, 5.74) is 2.79. The van der Waals surface area contributed by atoms with Crippen LogP contribution < -0.4 is 11.3 Å². The van der Waals surface area contributed by atoms with Gasteiger partial charge in [0.1, 0.15) is 6.04 Å². The van der Waals surface area contributed by atoms with E-state index in [4.69, 9.17) is 10.9 Å². The van der Waals surface area contributed by atoms with Crippen molar-refractivity contribution in [3.63, 3.8) is 0 Å². The summed E-state index contributed by atoms with van der Waals surface area (Å²) in [6.07, 6.45) is 0.170. The van der Waals surface area contributed by atoms with Gasteiger partial charge in [0, 0.05) is 12.1 Å². The van der Waals surface area contributed by atoms with Gasteiger partial charge in [-0.1, -0.05) is 12.1 Å². The summed E-state index contributed by atoms with van der Waals surface area (Å²) >= 11 is 0. The molecule has 0 unspecified atom stereocenters. The minimum absolute atomic E-state index is 0.0312. The number of nitro groups is 1. The Balaban J connectivity index is 2.75. The average molecular weight is 225 g/mol. The van der Waals surface area contributed by atoms with Gasteiger partial charge in [-0.25, -0.2) is 5.43 Å². The molecule has 7 nitrogen and oxygen atoms in total. The fourth-order valence-electron chi connectivity index (χ4n) is 1.21. The maximum Gasteiger partial charge on any atom is 0.322 e. The topological polar surface area (TPSA) is 118 Å². The lowest BCUT2D eigenvalue weighted by Gasteiger charge is -2.10. The Morgan fingerprint density at radius 2 is 2.06 bits per heavy atom. The number of nitrogens with one attached hydrogen (secondary N) is 1. The van der Waals surface area contributed by atoms with Gasteiger partial charge in [-0.15, -0.1) is 0 Å². The molecule has 1 aromatic carbocycles. The van der Waals surface area contributed by atoms with Crippen LogP contribution in [-0.2, 0) is 11.2 Å². The second-order valence-corrected chi connectivity index (χ2v) is 3.19. The van der Waals surface area contributed by atoms with Crippen LogP contribution in [0.2, 0.25) is 0 Å². The first-order valence-electron chi connectivity index (χ1n) is 4.47. The molecule has 0 radical (unpaired) electrons. The third-order valence-electron chi connectivity index (χ3n) is 2.09. The first-order chi connectivity index (χ1) is 7.54. The predicted molar refractivity (Wildman–Crippen MR) is 55.5 cm³/mol. The van der Waals surface area contributed by atoms with Crippen LogP contribution in [0.25, 0.3) is 0 Å². The van der Waals surface area contributed by atoms with Crippen LogP contribution in [0.4, 0.5) is 5.69 Å². The van der Waals surface area contributed by atoms with E-state index in [0.29, 0.717) is 5.56 Å². The Morgan fingerprint density at radius 3 is 2.44 bits per heavy atom.